The number of hydrogen-bond donors (Lipinski definition) is 2. The Hall–Kier alpha value is -3.68. The van der Waals surface area contributed by atoms with Crippen molar-refractivity contribution in [3.05, 3.63) is 60.2 Å². The number of benzene rings is 2. The lowest BCUT2D eigenvalue weighted by Crippen LogP contribution is -2.62. The zero-order valence-corrected chi connectivity index (χ0v) is 18.6. The van der Waals surface area contributed by atoms with Gasteiger partial charge in [-0.2, -0.15) is 0 Å². The molecule has 4 rings (SSSR count). The summed E-state index contributed by atoms with van der Waals surface area (Å²) < 4.78 is 0. The van der Waals surface area contributed by atoms with Crippen LogP contribution in [0.2, 0.25) is 0 Å². The van der Waals surface area contributed by atoms with Gasteiger partial charge in [-0.15, -0.1) is 0 Å². The van der Waals surface area contributed by atoms with Crippen molar-refractivity contribution in [1.29, 1.82) is 0 Å². The summed E-state index contributed by atoms with van der Waals surface area (Å²) in [6.45, 7) is 3.33. The number of nitrogens with zero attached hydrogens (tertiary/aromatic N) is 2. The minimum Gasteiger partial charge on any atom is -0.339 e. The minimum atomic E-state index is -0.833. The summed E-state index contributed by atoms with van der Waals surface area (Å²) in [5.74, 6) is -0.835. The maximum absolute atomic E-state index is 13.3. The van der Waals surface area contributed by atoms with Crippen LogP contribution < -0.4 is 10.6 Å². The van der Waals surface area contributed by atoms with E-state index in [0.29, 0.717) is 26.1 Å². The van der Waals surface area contributed by atoms with Gasteiger partial charge in [0.05, 0.1) is 0 Å². The van der Waals surface area contributed by atoms with Crippen LogP contribution in [0, 0.1) is 0 Å². The molecule has 8 heteroatoms. The van der Waals surface area contributed by atoms with Crippen molar-refractivity contribution >= 4 is 23.8 Å². The highest BCUT2D eigenvalue weighted by Crippen LogP contribution is 2.23. The molecule has 2 heterocycles. The zero-order chi connectivity index (χ0) is 23.4. The minimum absolute atomic E-state index is 0.0730. The monoisotopic (exact) mass is 448 g/mol. The van der Waals surface area contributed by atoms with E-state index in [1.165, 1.54) is 0 Å². The van der Waals surface area contributed by atoms with Crippen LogP contribution in [0.25, 0.3) is 11.1 Å². The average molecular weight is 449 g/mol. The summed E-state index contributed by atoms with van der Waals surface area (Å²) in [5.41, 5.74) is 3.14. The quantitative estimate of drug-likeness (QED) is 0.730. The number of rotatable bonds is 5. The van der Waals surface area contributed by atoms with Crippen LogP contribution in [0.3, 0.4) is 0 Å². The number of hydrogen-bond acceptors (Lipinski definition) is 4. The molecule has 172 valence electrons. The van der Waals surface area contributed by atoms with Crippen LogP contribution >= 0.6 is 0 Å². The first-order valence-corrected chi connectivity index (χ1v) is 11.3. The highest BCUT2D eigenvalue weighted by Gasteiger charge is 2.40. The Bertz CT molecular complexity index is 1040. The third-order valence-electron chi connectivity index (χ3n) is 6.26. The molecule has 0 radical (unpaired) electrons. The van der Waals surface area contributed by atoms with E-state index in [0.717, 1.165) is 16.7 Å². The van der Waals surface area contributed by atoms with Gasteiger partial charge in [-0.1, -0.05) is 54.6 Å². The highest BCUT2D eigenvalue weighted by atomic mass is 16.2. The number of likely N-dealkylation sites (N-methyl/N-ethyl adjacent to an activating group) is 1. The van der Waals surface area contributed by atoms with Crippen molar-refractivity contribution < 1.29 is 19.2 Å². The number of carbonyl (C=O) groups is 4. The molecule has 2 aromatic rings. The first-order chi connectivity index (χ1) is 16.0. The maximum atomic E-state index is 13.3. The van der Waals surface area contributed by atoms with Gasteiger partial charge in [0, 0.05) is 32.5 Å². The van der Waals surface area contributed by atoms with Gasteiger partial charge in [0.1, 0.15) is 12.1 Å². The largest absolute Gasteiger partial charge is 0.339 e. The maximum Gasteiger partial charge on any atom is 0.322 e. The van der Waals surface area contributed by atoms with Gasteiger partial charge in [-0.05, 0) is 30.0 Å². The summed E-state index contributed by atoms with van der Waals surface area (Å²) in [5, 5.41) is 4.76. The number of nitrogens with one attached hydrogen (secondary N) is 2. The number of carbonyl (C=O) groups excluding carboxylic acids is 4. The van der Waals surface area contributed by atoms with Gasteiger partial charge in [-0.3, -0.25) is 19.7 Å². The second-order valence-electron chi connectivity index (χ2n) is 8.35. The Labute approximate surface area is 192 Å². The summed E-state index contributed by atoms with van der Waals surface area (Å²) in [6.07, 6.45) is 0.661. The van der Waals surface area contributed by atoms with Gasteiger partial charge in [0.15, 0.2) is 0 Å². The molecule has 0 aliphatic carbocycles. The molecule has 0 bridgehead atoms. The molecule has 2 saturated heterocycles. The molecule has 0 aromatic heterocycles. The van der Waals surface area contributed by atoms with Crippen molar-refractivity contribution in [2.24, 2.45) is 0 Å². The van der Waals surface area contributed by atoms with Crippen LogP contribution in [0.1, 0.15) is 25.3 Å². The van der Waals surface area contributed by atoms with Crippen LogP contribution in [0.5, 0.6) is 0 Å². The third kappa shape index (κ3) is 5.05. The molecular weight excluding hydrogens is 420 g/mol. The lowest BCUT2D eigenvalue weighted by atomic mass is 9.97. The molecule has 0 spiro atoms. The molecule has 0 saturated carbocycles. The topological polar surface area (TPSA) is 98.8 Å². The molecule has 8 nitrogen and oxygen atoms in total. The van der Waals surface area contributed by atoms with E-state index in [4.69, 9.17) is 0 Å². The Kier molecular flexibility index (Phi) is 6.72. The molecule has 2 atom stereocenters. The van der Waals surface area contributed by atoms with Crippen LogP contribution in [0.15, 0.2) is 54.6 Å². The Morgan fingerprint density at radius 2 is 1.67 bits per heavy atom. The van der Waals surface area contributed by atoms with Gasteiger partial charge >= 0.3 is 6.03 Å². The van der Waals surface area contributed by atoms with Gasteiger partial charge in [0.2, 0.25) is 17.7 Å². The second-order valence-corrected chi connectivity index (χ2v) is 8.35. The van der Waals surface area contributed by atoms with E-state index in [-0.39, 0.29) is 24.7 Å². The molecule has 0 unspecified atom stereocenters. The highest BCUT2D eigenvalue weighted by molar-refractivity contribution is 5.99. The number of urea groups is 1. The number of imide groups is 1. The molecule has 33 heavy (non-hydrogen) atoms. The lowest BCUT2D eigenvalue weighted by molar-refractivity contribution is -0.152. The van der Waals surface area contributed by atoms with E-state index in [9.17, 15) is 19.2 Å². The van der Waals surface area contributed by atoms with Crippen LogP contribution in [-0.2, 0) is 20.8 Å². The summed E-state index contributed by atoms with van der Waals surface area (Å²) in [7, 11) is 0. The Morgan fingerprint density at radius 1 is 0.970 bits per heavy atom. The van der Waals surface area contributed by atoms with Crippen LogP contribution in [-0.4, -0.2) is 65.3 Å². The van der Waals surface area contributed by atoms with Crippen molar-refractivity contribution in [3.8, 4) is 11.1 Å². The van der Waals surface area contributed by atoms with E-state index in [1.807, 2.05) is 61.5 Å². The molecule has 2 aliphatic heterocycles. The average Bonchev–Trinajstić information content (AvgIpc) is 3.00. The predicted octanol–water partition coefficient (Wildman–Crippen LogP) is 1.94. The second kappa shape index (κ2) is 9.85. The normalized spacial score (nSPS) is 21.3. The van der Waals surface area contributed by atoms with Crippen molar-refractivity contribution in [2.75, 3.05) is 19.6 Å². The van der Waals surface area contributed by atoms with E-state index >= 15 is 0 Å². The van der Waals surface area contributed by atoms with Crippen LogP contribution in [0.4, 0.5) is 4.79 Å². The molecule has 5 amide bonds. The van der Waals surface area contributed by atoms with Crippen molar-refractivity contribution in [3.63, 3.8) is 0 Å². The van der Waals surface area contributed by atoms with Crippen molar-refractivity contribution in [2.45, 2.75) is 38.3 Å². The first-order valence-electron chi connectivity index (χ1n) is 11.3. The molecule has 2 aliphatic rings. The summed E-state index contributed by atoms with van der Waals surface area (Å²) in [6, 6.07) is 15.9. The van der Waals surface area contributed by atoms with Crippen molar-refractivity contribution in [1.82, 2.24) is 20.4 Å². The summed E-state index contributed by atoms with van der Waals surface area (Å²) >= 11 is 0. The van der Waals surface area contributed by atoms with E-state index in [1.54, 1.807) is 9.80 Å². The van der Waals surface area contributed by atoms with E-state index < -0.39 is 24.0 Å². The molecular formula is C25H28N4O4. The lowest BCUT2D eigenvalue weighted by Gasteiger charge is -2.41. The predicted molar refractivity (Wildman–Crippen MR) is 123 cm³/mol. The fourth-order valence-corrected chi connectivity index (χ4v) is 4.42. The van der Waals surface area contributed by atoms with Gasteiger partial charge < -0.3 is 15.1 Å². The molecule has 2 aromatic carbocycles. The number of piperazine rings is 1. The van der Waals surface area contributed by atoms with Gasteiger partial charge in [0.25, 0.3) is 0 Å². The first kappa shape index (κ1) is 22.5. The smallest absolute Gasteiger partial charge is 0.322 e. The van der Waals surface area contributed by atoms with Gasteiger partial charge in [-0.25, -0.2) is 4.79 Å². The SMILES string of the molecule is CCN1CCN(C(=O)[C@@H]2CCC(=O)NC(=O)N2)[C@@H](Cc2ccc(-c3ccccc3)cc2)C1=O. The van der Waals surface area contributed by atoms with E-state index in [2.05, 4.69) is 10.6 Å². The third-order valence-corrected chi connectivity index (χ3v) is 6.26. The zero-order valence-electron chi connectivity index (χ0n) is 18.6. The Balaban J connectivity index is 1.54. The molecule has 2 fully saturated rings. The number of amides is 5. The fraction of sp³-hybridized carbons (Fsp3) is 0.360. The fourth-order valence-electron chi connectivity index (χ4n) is 4.42. The standard InChI is InChI=1S/C25H28N4O4/c1-2-28-14-15-29(23(31)20-12-13-22(30)27-25(33)26-20)21(24(28)32)16-17-8-10-19(11-9-17)18-6-4-3-5-7-18/h3-11,20-21H,2,12-16H2,1H3,(H2,26,27,30,33)/t20-,21-/m0/s1. The Morgan fingerprint density at radius 3 is 2.36 bits per heavy atom. The summed E-state index contributed by atoms with van der Waals surface area (Å²) in [4.78, 5) is 53.4. The molecule has 2 N–H and O–H groups in total.